The maximum absolute atomic E-state index is 12.8. The van der Waals surface area contributed by atoms with Crippen LogP contribution in [0.25, 0.3) is 0 Å². The van der Waals surface area contributed by atoms with Crippen molar-refractivity contribution < 1.29 is 27.8 Å². The average molecular weight is 326 g/mol. The Morgan fingerprint density at radius 3 is 2.48 bits per heavy atom. The minimum atomic E-state index is -4.57. The number of alkyl halides is 3. The maximum Gasteiger partial charge on any atom is 0.421 e. The summed E-state index contributed by atoms with van der Waals surface area (Å²) in [6, 6.07) is 6.93. The fourth-order valence-electron chi connectivity index (χ4n) is 1.83. The van der Waals surface area contributed by atoms with Crippen molar-refractivity contribution in [1.29, 1.82) is 0 Å². The number of carbonyl (C=O) groups is 1. The van der Waals surface area contributed by atoms with Gasteiger partial charge in [0.1, 0.15) is 17.4 Å². The van der Waals surface area contributed by atoms with Gasteiger partial charge in [-0.05, 0) is 36.2 Å². The van der Waals surface area contributed by atoms with E-state index >= 15 is 0 Å². The Kier molecular flexibility index (Phi) is 4.85. The van der Waals surface area contributed by atoms with Crippen LogP contribution in [0.3, 0.4) is 0 Å². The number of pyridine rings is 1. The van der Waals surface area contributed by atoms with Gasteiger partial charge in [-0.1, -0.05) is 12.1 Å². The van der Waals surface area contributed by atoms with E-state index in [9.17, 15) is 18.0 Å². The molecule has 1 aromatic carbocycles. The number of aliphatic carboxylic acids is 1. The lowest BCUT2D eigenvalue weighted by Crippen LogP contribution is -2.32. The van der Waals surface area contributed by atoms with E-state index in [1.165, 1.54) is 36.5 Å². The highest BCUT2D eigenvalue weighted by Gasteiger charge is 2.35. The fourth-order valence-corrected chi connectivity index (χ4v) is 1.83. The molecule has 1 heterocycles. The van der Waals surface area contributed by atoms with Crippen molar-refractivity contribution in [2.24, 2.45) is 5.73 Å². The molecule has 0 aliphatic rings. The SMILES string of the molecule is NC(Cc1ccc(Oc2ncccc2C(F)(F)F)cc1)C(=O)O. The second-order valence-corrected chi connectivity index (χ2v) is 4.75. The number of aromatic nitrogens is 1. The monoisotopic (exact) mass is 326 g/mol. The molecule has 0 saturated heterocycles. The largest absolute Gasteiger partial charge is 0.480 e. The summed E-state index contributed by atoms with van der Waals surface area (Å²) in [4.78, 5) is 14.3. The fraction of sp³-hybridized carbons (Fsp3) is 0.200. The van der Waals surface area contributed by atoms with Crippen LogP contribution in [0.4, 0.5) is 13.2 Å². The number of hydrogen-bond acceptors (Lipinski definition) is 4. The third-order valence-electron chi connectivity index (χ3n) is 2.99. The molecule has 1 unspecified atom stereocenters. The normalized spacial score (nSPS) is 12.7. The molecule has 2 rings (SSSR count). The highest BCUT2D eigenvalue weighted by molar-refractivity contribution is 5.73. The van der Waals surface area contributed by atoms with E-state index in [-0.39, 0.29) is 12.2 Å². The summed E-state index contributed by atoms with van der Waals surface area (Å²) in [5.74, 6) is -1.52. The van der Waals surface area contributed by atoms with Crippen LogP contribution < -0.4 is 10.5 Å². The predicted molar refractivity (Wildman–Crippen MR) is 75.1 cm³/mol. The second-order valence-electron chi connectivity index (χ2n) is 4.75. The zero-order valence-corrected chi connectivity index (χ0v) is 11.7. The predicted octanol–water partition coefficient (Wildman–Crippen LogP) is 2.85. The second kappa shape index (κ2) is 6.66. The molecule has 0 radical (unpaired) electrons. The molecule has 1 atom stereocenters. The van der Waals surface area contributed by atoms with Gasteiger partial charge >= 0.3 is 12.1 Å². The van der Waals surface area contributed by atoms with Crippen molar-refractivity contribution in [1.82, 2.24) is 4.98 Å². The van der Waals surface area contributed by atoms with Crippen molar-refractivity contribution in [3.05, 3.63) is 53.7 Å². The molecule has 0 bridgehead atoms. The number of rotatable bonds is 5. The minimum absolute atomic E-state index is 0.104. The first-order chi connectivity index (χ1) is 10.8. The molecule has 1 aromatic heterocycles. The van der Waals surface area contributed by atoms with E-state index in [4.69, 9.17) is 15.6 Å². The van der Waals surface area contributed by atoms with Crippen molar-refractivity contribution in [2.75, 3.05) is 0 Å². The van der Waals surface area contributed by atoms with Crippen LogP contribution in [0.2, 0.25) is 0 Å². The Morgan fingerprint density at radius 2 is 1.91 bits per heavy atom. The molecule has 3 N–H and O–H groups in total. The molecule has 2 aromatic rings. The number of nitrogens with two attached hydrogens (primary N) is 1. The van der Waals surface area contributed by atoms with Gasteiger partial charge in [-0.15, -0.1) is 0 Å². The Balaban J connectivity index is 2.15. The lowest BCUT2D eigenvalue weighted by molar-refractivity contribution is -0.139. The van der Waals surface area contributed by atoms with Crippen LogP contribution in [0.15, 0.2) is 42.6 Å². The van der Waals surface area contributed by atoms with Crippen molar-refractivity contribution in [3.8, 4) is 11.6 Å². The lowest BCUT2D eigenvalue weighted by atomic mass is 10.1. The van der Waals surface area contributed by atoms with Gasteiger partial charge in [0, 0.05) is 6.20 Å². The van der Waals surface area contributed by atoms with Crippen LogP contribution >= 0.6 is 0 Å². The van der Waals surface area contributed by atoms with Crippen molar-refractivity contribution >= 4 is 5.97 Å². The molecule has 5 nitrogen and oxygen atoms in total. The molecule has 0 spiro atoms. The van der Waals surface area contributed by atoms with Crippen molar-refractivity contribution in [3.63, 3.8) is 0 Å². The van der Waals surface area contributed by atoms with Gasteiger partial charge in [-0.2, -0.15) is 13.2 Å². The molecule has 0 amide bonds. The zero-order chi connectivity index (χ0) is 17.0. The van der Waals surface area contributed by atoms with Crippen LogP contribution in [-0.4, -0.2) is 22.1 Å². The molecule has 0 aliphatic heterocycles. The minimum Gasteiger partial charge on any atom is -0.480 e. The van der Waals surface area contributed by atoms with E-state index in [2.05, 4.69) is 4.98 Å². The summed E-state index contributed by atoms with van der Waals surface area (Å²) in [7, 11) is 0. The van der Waals surface area contributed by atoms with Gasteiger partial charge in [0.25, 0.3) is 0 Å². The first-order valence-electron chi connectivity index (χ1n) is 6.55. The Hall–Kier alpha value is -2.61. The molecule has 0 saturated carbocycles. The molecule has 0 fully saturated rings. The summed E-state index contributed by atoms with van der Waals surface area (Å²) in [6.45, 7) is 0. The quantitative estimate of drug-likeness (QED) is 0.882. The summed E-state index contributed by atoms with van der Waals surface area (Å²) in [6.07, 6.45) is -3.27. The Bertz CT molecular complexity index is 687. The van der Waals surface area contributed by atoms with E-state index in [0.29, 0.717) is 5.56 Å². The maximum atomic E-state index is 12.8. The first kappa shape index (κ1) is 16.8. The van der Waals surface area contributed by atoms with E-state index < -0.39 is 29.6 Å². The van der Waals surface area contributed by atoms with Crippen LogP contribution in [-0.2, 0) is 17.4 Å². The van der Waals surface area contributed by atoms with Crippen LogP contribution in [0.1, 0.15) is 11.1 Å². The van der Waals surface area contributed by atoms with Crippen LogP contribution in [0, 0.1) is 0 Å². The summed E-state index contributed by atoms with van der Waals surface area (Å²) in [5, 5.41) is 8.74. The van der Waals surface area contributed by atoms with Crippen LogP contribution in [0.5, 0.6) is 11.6 Å². The highest BCUT2D eigenvalue weighted by Crippen LogP contribution is 2.36. The zero-order valence-electron chi connectivity index (χ0n) is 11.7. The van der Waals surface area contributed by atoms with Gasteiger partial charge in [0.05, 0.1) is 0 Å². The molecular formula is C15H13F3N2O3. The Labute approximate surface area is 129 Å². The molecule has 8 heteroatoms. The topological polar surface area (TPSA) is 85.4 Å². The summed E-state index contributed by atoms with van der Waals surface area (Å²) >= 11 is 0. The molecule has 23 heavy (non-hydrogen) atoms. The van der Waals surface area contributed by atoms with E-state index in [1.807, 2.05) is 0 Å². The standard InChI is InChI=1S/C15H13F3N2O3/c16-15(17,18)11-2-1-7-20-13(11)23-10-5-3-9(4-6-10)8-12(19)14(21)22/h1-7,12H,8,19H2,(H,21,22). The highest BCUT2D eigenvalue weighted by atomic mass is 19.4. The number of ether oxygens (including phenoxy) is 1. The Morgan fingerprint density at radius 1 is 1.26 bits per heavy atom. The first-order valence-corrected chi connectivity index (χ1v) is 6.55. The van der Waals surface area contributed by atoms with Gasteiger partial charge in [0.2, 0.25) is 5.88 Å². The number of nitrogens with zero attached hydrogens (tertiary/aromatic N) is 1. The molecule has 122 valence electrons. The van der Waals surface area contributed by atoms with E-state index in [0.717, 1.165) is 6.07 Å². The molecular weight excluding hydrogens is 313 g/mol. The third-order valence-corrected chi connectivity index (χ3v) is 2.99. The van der Waals surface area contributed by atoms with Crippen molar-refractivity contribution in [2.45, 2.75) is 18.6 Å². The number of carboxylic acid groups (broad SMARTS) is 1. The van der Waals surface area contributed by atoms with Gasteiger partial charge in [-0.3, -0.25) is 4.79 Å². The lowest BCUT2D eigenvalue weighted by Gasteiger charge is -2.12. The smallest absolute Gasteiger partial charge is 0.421 e. The molecule has 0 aliphatic carbocycles. The van der Waals surface area contributed by atoms with E-state index in [1.54, 1.807) is 0 Å². The summed E-state index contributed by atoms with van der Waals surface area (Å²) < 4.78 is 43.7. The third kappa shape index (κ3) is 4.43. The van der Waals surface area contributed by atoms with Gasteiger partial charge in [-0.25, -0.2) is 4.98 Å². The van der Waals surface area contributed by atoms with Gasteiger partial charge < -0.3 is 15.6 Å². The number of benzene rings is 1. The summed E-state index contributed by atoms with van der Waals surface area (Å²) in [5.41, 5.74) is 5.07. The number of hydrogen-bond donors (Lipinski definition) is 2. The van der Waals surface area contributed by atoms with Gasteiger partial charge in [0.15, 0.2) is 0 Å². The number of halogens is 3. The number of carboxylic acids is 1. The average Bonchev–Trinajstić information content (AvgIpc) is 2.48.